The molecule has 5 rings (SSSR count). The van der Waals surface area contributed by atoms with Gasteiger partial charge in [0, 0.05) is 76.1 Å². The van der Waals surface area contributed by atoms with Gasteiger partial charge in [-0.2, -0.15) is 5.10 Å². The van der Waals surface area contributed by atoms with Crippen molar-refractivity contribution in [2.75, 3.05) is 44.8 Å². The van der Waals surface area contributed by atoms with Crippen LogP contribution in [0.15, 0.2) is 55.5 Å². The lowest BCUT2D eigenvalue weighted by molar-refractivity contribution is -0.111. The number of hydrogen-bond donors (Lipinski definition) is 1. The van der Waals surface area contributed by atoms with Crippen molar-refractivity contribution in [3.63, 3.8) is 0 Å². The summed E-state index contributed by atoms with van der Waals surface area (Å²) in [6.07, 6.45) is 8.00. The Morgan fingerprint density at radius 1 is 1.16 bits per heavy atom. The van der Waals surface area contributed by atoms with Gasteiger partial charge in [-0.25, -0.2) is 9.97 Å². The van der Waals surface area contributed by atoms with Gasteiger partial charge in [0.15, 0.2) is 5.65 Å². The SMILES string of the molecule is C=CC(=O)Nc1cccc(Oc2cnc3c(n2)c(-c2cn(CCCN4CCOCC4)nc2C)cn3COCC[Si](C)(C)C)c1. The minimum atomic E-state index is -1.21. The van der Waals surface area contributed by atoms with E-state index in [0.717, 1.165) is 68.7 Å². The fourth-order valence-electron chi connectivity index (χ4n) is 5.05. The second-order valence-corrected chi connectivity index (χ2v) is 17.9. The zero-order valence-corrected chi connectivity index (χ0v) is 27.2. The Balaban J connectivity index is 1.39. The minimum absolute atomic E-state index is 0.293. The summed E-state index contributed by atoms with van der Waals surface area (Å²) in [5.41, 5.74) is 4.88. The number of ether oxygens (including phenoxy) is 3. The lowest BCUT2D eigenvalue weighted by atomic mass is 10.1. The maximum atomic E-state index is 11.8. The van der Waals surface area contributed by atoms with E-state index in [0.29, 0.717) is 41.8 Å². The molecule has 234 valence electrons. The highest BCUT2D eigenvalue weighted by molar-refractivity contribution is 6.76. The summed E-state index contributed by atoms with van der Waals surface area (Å²) in [7, 11) is -1.21. The van der Waals surface area contributed by atoms with E-state index in [1.807, 2.05) is 16.2 Å². The van der Waals surface area contributed by atoms with E-state index in [4.69, 9.17) is 29.3 Å². The molecule has 0 spiro atoms. The average molecular weight is 618 g/mol. The Hall–Kier alpha value is -3.84. The lowest BCUT2D eigenvalue weighted by Gasteiger charge is -2.26. The van der Waals surface area contributed by atoms with E-state index in [1.54, 1.807) is 30.5 Å². The zero-order valence-electron chi connectivity index (χ0n) is 26.2. The second kappa shape index (κ2) is 14.3. The molecule has 0 bridgehead atoms. The molecule has 0 radical (unpaired) electrons. The predicted octanol–water partition coefficient (Wildman–Crippen LogP) is 5.55. The maximum absolute atomic E-state index is 11.8. The molecule has 1 amide bonds. The van der Waals surface area contributed by atoms with Crippen LogP contribution in [0.5, 0.6) is 11.6 Å². The summed E-state index contributed by atoms with van der Waals surface area (Å²) >= 11 is 0. The summed E-state index contributed by atoms with van der Waals surface area (Å²) in [5, 5.41) is 7.59. The van der Waals surface area contributed by atoms with Gasteiger partial charge in [-0.05, 0) is 37.6 Å². The molecule has 4 heterocycles. The van der Waals surface area contributed by atoms with Crippen LogP contribution >= 0.6 is 0 Å². The summed E-state index contributed by atoms with van der Waals surface area (Å²) in [6, 6.07) is 8.21. The van der Waals surface area contributed by atoms with Gasteiger partial charge in [-0.3, -0.25) is 14.4 Å². The van der Waals surface area contributed by atoms with Crippen molar-refractivity contribution in [1.82, 2.24) is 29.2 Å². The number of carbonyl (C=O) groups is 1. The smallest absolute Gasteiger partial charge is 0.247 e. The minimum Gasteiger partial charge on any atom is -0.437 e. The van der Waals surface area contributed by atoms with Crippen molar-refractivity contribution in [2.24, 2.45) is 0 Å². The van der Waals surface area contributed by atoms with Gasteiger partial charge >= 0.3 is 0 Å². The molecule has 0 atom stereocenters. The van der Waals surface area contributed by atoms with Gasteiger partial charge in [-0.1, -0.05) is 32.3 Å². The topological polar surface area (TPSA) is 109 Å². The fraction of sp³-hybridized carbons (Fsp3) is 0.438. The number of nitrogens with zero attached hydrogens (tertiary/aromatic N) is 6. The molecule has 11 nitrogen and oxygen atoms in total. The molecule has 1 saturated heterocycles. The number of morpholine rings is 1. The Labute approximate surface area is 259 Å². The van der Waals surface area contributed by atoms with Crippen molar-refractivity contribution < 1.29 is 19.0 Å². The molecule has 0 saturated carbocycles. The van der Waals surface area contributed by atoms with Crippen LogP contribution in [-0.2, 0) is 27.5 Å². The summed E-state index contributed by atoms with van der Waals surface area (Å²) in [5.74, 6) is 0.581. The number of aryl methyl sites for hydroxylation is 2. The highest BCUT2D eigenvalue weighted by atomic mass is 28.3. The number of benzene rings is 1. The number of hydrogen-bond acceptors (Lipinski definition) is 8. The van der Waals surface area contributed by atoms with Gasteiger partial charge in [0.25, 0.3) is 0 Å². The molecule has 3 aromatic heterocycles. The molecule has 44 heavy (non-hydrogen) atoms. The van der Waals surface area contributed by atoms with Crippen molar-refractivity contribution in [3.8, 4) is 22.8 Å². The van der Waals surface area contributed by atoms with Gasteiger partial charge in [0.1, 0.15) is 18.0 Å². The van der Waals surface area contributed by atoms with E-state index in [-0.39, 0.29) is 5.91 Å². The first-order valence-electron chi connectivity index (χ1n) is 15.2. The first kappa shape index (κ1) is 31.6. The third-order valence-electron chi connectivity index (χ3n) is 7.48. The maximum Gasteiger partial charge on any atom is 0.247 e. The molecular formula is C32H43N7O4Si. The van der Waals surface area contributed by atoms with Crippen molar-refractivity contribution in [2.45, 2.75) is 52.3 Å². The first-order valence-corrected chi connectivity index (χ1v) is 18.9. The van der Waals surface area contributed by atoms with Gasteiger partial charge in [-0.15, -0.1) is 0 Å². The van der Waals surface area contributed by atoms with Crippen LogP contribution in [0.25, 0.3) is 22.3 Å². The number of anilines is 1. The molecule has 1 N–H and O–H groups in total. The second-order valence-electron chi connectivity index (χ2n) is 12.3. The zero-order chi connectivity index (χ0) is 31.1. The number of aromatic nitrogens is 5. The fourth-order valence-corrected chi connectivity index (χ4v) is 5.81. The molecular weight excluding hydrogens is 574 g/mol. The number of nitrogens with one attached hydrogen (secondary N) is 1. The van der Waals surface area contributed by atoms with Crippen LogP contribution < -0.4 is 10.1 Å². The lowest BCUT2D eigenvalue weighted by Crippen LogP contribution is -2.37. The monoisotopic (exact) mass is 617 g/mol. The van der Waals surface area contributed by atoms with Crippen LogP contribution in [0.4, 0.5) is 5.69 Å². The van der Waals surface area contributed by atoms with Gasteiger partial charge in [0.05, 0.1) is 25.1 Å². The highest BCUT2D eigenvalue weighted by Gasteiger charge is 2.20. The largest absolute Gasteiger partial charge is 0.437 e. The first-order chi connectivity index (χ1) is 21.2. The Bertz CT molecular complexity index is 1590. The van der Waals surface area contributed by atoms with E-state index in [1.165, 1.54) is 6.08 Å². The van der Waals surface area contributed by atoms with E-state index in [2.05, 4.69) is 48.8 Å². The summed E-state index contributed by atoms with van der Waals surface area (Å²) in [4.78, 5) is 23.9. The standard InChI is InChI=1S/C32H43N7O4Si/c1-6-29(40)34-25-9-7-10-26(19-25)43-30-20-33-32-31(35-30)28(21-38(32)23-42-17-18-44(3,4)5)27-22-39(36-24(27)2)12-8-11-37-13-15-41-16-14-37/h6-7,9-10,19-22H,1,8,11-18,23H2,2-5H3,(H,34,40). The van der Waals surface area contributed by atoms with E-state index >= 15 is 0 Å². The van der Waals surface area contributed by atoms with Gasteiger partial charge < -0.3 is 24.1 Å². The van der Waals surface area contributed by atoms with Crippen LogP contribution in [0.2, 0.25) is 25.7 Å². The van der Waals surface area contributed by atoms with Crippen LogP contribution in [0.1, 0.15) is 12.1 Å². The molecule has 12 heteroatoms. The van der Waals surface area contributed by atoms with Gasteiger partial charge in [0.2, 0.25) is 11.8 Å². The molecule has 1 aromatic carbocycles. The molecule has 4 aromatic rings. The third kappa shape index (κ3) is 8.41. The summed E-state index contributed by atoms with van der Waals surface area (Å²) in [6.45, 7) is 19.1. The van der Waals surface area contributed by atoms with Crippen molar-refractivity contribution >= 4 is 30.8 Å². The molecule has 1 aliphatic rings. The van der Waals surface area contributed by atoms with Crippen LogP contribution in [-0.4, -0.2) is 82.7 Å². The van der Waals surface area contributed by atoms with Crippen LogP contribution in [0, 0.1) is 6.92 Å². The van der Waals surface area contributed by atoms with E-state index in [9.17, 15) is 4.79 Å². The molecule has 0 aliphatic carbocycles. The van der Waals surface area contributed by atoms with Crippen LogP contribution in [0.3, 0.4) is 0 Å². The number of amides is 1. The average Bonchev–Trinajstić information content (AvgIpc) is 3.54. The molecule has 1 aliphatic heterocycles. The quantitative estimate of drug-likeness (QED) is 0.111. The number of carbonyl (C=O) groups excluding carboxylic acids is 1. The normalized spacial score (nSPS) is 14.2. The number of fused-ring (bicyclic) bond motifs is 1. The number of rotatable bonds is 14. The third-order valence-corrected chi connectivity index (χ3v) is 9.19. The Morgan fingerprint density at radius 3 is 2.75 bits per heavy atom. The Kier molecular flexibility index (Phi) is 10.3. The molecule has 1 fully saturated rings. The highest BCUT2D eigenvalue weighted by Crippen LogP contribution is 2.33. The van der Waals surface area contributed by atoms with Crippen molar-refractivity contribution in [1.29, 1.82) is 0 Å². The Morgan fingerprint density at radius 2 is 1.98 bits per heavy atom. The van der Waals surface area contributed by atoms with E-state index < -0.39 is 8.07 Å². The predicted molar refractivity (Wildman–Crippen MR) is 175 cm³/mol. The van der Waals surface area contributed by atoms with Crippen molar-refractivity contribution in [3.05, 3.63) is 61.2 Å². The summed E-state index contributed by atoms with van der Waals surface area (Å²) < 4.78 is 21.7. The molecule has 0 unspecified atom stereocenters.